The second-order valence-corrected chi connectivity index (χ2v) is 3.09. The fourth-order valence-electron chi connectivity index (χ4n) is 1.34. The van der Waals surface area contributed by atoms with E-state index in [4.69, 9.17) is 0 Å². The van der Waals surface area contributed by atoms with Gasteiger partial charge in [0.2, 0.25) is 0 Å². The highest BCUT2D eigenvalue weighted by molar-refractivity contribution is 4.70. The molecule has 3 nitrogen and oxygen atoms in total. The van der Waals surface area contributed by atoms with Crippen LogP contribution < -0.4 is 16.0 Å². The van der Waals surface area contributed by atoms with E-state index in [0.29, 0.717) is 0 Å². The van der Waals surface area contributed by atoms with Crippen molar-refractivity contribution in [3.05, 3.63) is 0 Å². The van der Waals surface area contributed by atoms with E-state index in [-0.39, 0.29) is 0 Å². The predicted octanol–water partition coefficient (Wildman–Crippen LogP) is -0.580. The molecule has 1 radical (unpaired) electrons. The summed E-state index contributed by atoms with van der Waals surface area (Å²) in [6, 6.07) is 0. The minimum Gasteiger partial charge on any atom is -0.320 e. The number of nitrogens with one attached hydrogen (secondary N) is 2. The standard InChI is InChI=1S/C8H18N3/c1-9-3-2-8-6-10-4-5-11-7-8/h8-10H,2-7H2,1H3. The van der Waals surface area contributed by atoms with Crippen LogP contribution >= 0.6 is 0 Å². The van der Waals surface area contributed by atoms with Gasteiger partial charge in [-0.3, -0.25) is 0 Å². The molecule has 1 heterocycles. The maximum atomic E-state index is 4.41. The van der Waals surface area contributed by atoms with Crippen LogP contribution in [0.2, 0.25) is 0 Å². The lowest BCUT2D eigenvalue weighted by atomic mass is 10.1. The van der Waals surface area contributed by atoms with E-state index in [1.807, 2.05) is 7.05 Å². The van der Waals surface area contributed by atoms with Crippen LogP contribution in [0.4, 0.5) is 0 Å². The van der Waals surface area contributed by atoms with E-state index in [1.165, 1.54) is 6.42 Å². The number of hydrogen-bond donors (Lipinski definition) is 2. The van der Waals surface area contributed by atoms with Crippen LogP contribution in [0.1, 0.15) is 6.42 Å². The zero-order chi connectivity index (χ0) is 7.94. The van der Waals surface area contributed by atoms with Gasteiger partial charge in [0, 0.05) is 19.6 Å². The third kappa shape index (κ3) is 3.70. The van der Waals surface area contributed by atoms with E-state index in [1.54, 1.807) is 0 Å². The maximum absolute atomic E-state index is 4.41. The summed E-state index contributed by atoms with van der Waals surface area (Å²) in [5.41, 5.74) is 0. The Balaban J connectivity index is 2.09. The summed E-state index contributed by atoms with van der Waals surface area (Å²) in [6.45, 7) is 5.37. The molecule has 0 spiro atoms. The Hall–Kier alpha value is -0.120. The predicted molar refractivity (Wildman–Crippen MR) is 46.8 cm³/mol. The molecule has 1 fully saturated rings. The lowest BCUT2D eigenvalue weighted by Crippen LogP contribution is -2.25. The summed E-state index contributed by atoms with van der Waals surface area (Å²) in [4.78, 5) is 0. The average Bonchev–Trinajstić information content (AvgIpc) is 2.28. The van der Waals surface area contributed by atoms with Crippen LogP contribution in [0, 0.1) is 5.92 Å². The second-order valence-electron chi connectivity index (χ2n) is 3.09. The largest absolute Gasteiger partial charge is 0.320 e. The minimum atomic E-state index is 0.755. The van der Waals surface area contributed by atoms with Crippen molar-refractivity contribution in [2.45, 2.75) is 6.42 Å². The van der Waals surface area contributed by atoms with E-state index >= 15 is 0 Å². The Kier molecular flexibility index (Phi) is 4.50. The zero-order valence-electron chi connectivity index (χ0n) is 7.27. The molecule has 0 amide bonds. The lowest BCUT2D eigenvalue weighted by molar-refractivity contribution is 0.454. The van der Waals surface area contributed by atoms with Gasteiger partial charge in [-0.05, 0) is 32.5 Å². The van der Waals surface area contributed by atoms with Gasteiger partial charge in [-0.25, -0.2) is 5.32 Å². The Bertz CT molecular complexity index is 87.3. The SMILES string of the molecule is CNCCC1C[N]CCNC1. The molecule has 11 heavy (non-hydrogen) atoms. The molecule has 1 unspecified atom stereocenters. The Morgan fingerprint density at radius 2 is 2.55 bits per heavy atom. The van der Waals surface area contributed by atoms with Crippen molar-refractivity contribution < 1.29 is 0 Å². The van der Waals surface area contributed by atoms with Gasteiger partial charge in [-0.2, -0.15) is 0 Å². The van der Waals surface area contributed by atoms with Crippen molar-refractivity contribution >= 4 is 0 Å². The van der Waals surface area contributed by atoms with Gasteiger partial charge in [0.25, 0.3) is 0 Å². The third-order valence-corrected chi connectivity index (χ3v) is 2.07. The van der Waals surface area contributed by atoms with Crippen molar-refractivity contribution in [1.29, 1.82) is 0 Å². The molecule has 1 saturated heterocycles. The molecule has 0 aromatic carbocycles. The second kappa shape index (κ2) is 5.52. The minimum absolute atomic E-state index is 0.755. The fourth-order valence-corrected chi connectivity index (χ4v) is 1.34. The van der Waals surface area contributed by atoms with Crippen LogP contribution in [0.3, 0.4) is 0 Å². The quantitative estimate of drug-likeness (QED) is 0.574. The third-order valence-electron chi connectivity index (χ3n) is 2.07. The molecular formula is C8H18N3. The zero-order valence-corrected chi connectivity index (χ0v) is 7.27. The first kappa shape index (κ1) is 8.97. The summed E-state index contributed by atoms with van der Waals surface area (Å²) >= 11 is 0. The van der Waals surface area contributed by atoms with Gasteiger partial charge in [-0.1, -0.05) is 0 Å². The molecule has 1 aliphatic heterocycles. The van der Waals surface area contributed by atoms with Crippen molar-refractivity contribution in [3.63, 3.8) is 0 Å². The average molecular weight is 156 g/mol. The van der Waals surface area contributed by atoms with Crippen LogP contribution in [0.15, 0.2) is 0 Å². The van der Waals surface area contributed by atoms with E-state index in [9.17, 15) is 0 Å². The molecule has 3 heteroatoms. The topological polar surface area (TPSA) is 38.2 Å². The maximum Gasteiger partial charge on any atom is 0.0258 e. The molecule has 1 aliphatic rings. The Morgan fingerprint density at radius 3 is 3.36 bits per heavy atom. The van der Waals surface area contributed by atoms with Gasteiger partial charge >= 0.3 is 0 Å². The van der Waals surface area contributed by atoms with Crippen LogP contribution in [-0.4, -0.2) is 39.8 Å². The van der Waals surface area contributed by atoms with Crippen molar-refractivity contribution in [2.24, 2.45) is 5.92 Å². The van der Waals surface area contributed by atoms with Crippen molar-refractivity contribution in [2.75, 3.05) is 39.8 Å². The molecule has 65 valence electrons. The van der Waals surface area contributed by atoms with Crippen molar-refractivity contribution in [1.82, 2.24) is 16.0 Å². The van der Waals surface area contributed by atoms with Gasteiger partial charge in [0.15, 0.2) is 0 Å². The smallest absolute Gasteiger partial charge is 0.0258 e. The Morgan fingerprint density at radius 1 is 1.64 bits per heavy atom. The summed E-state index contributed by atoms with van der Waals surface area (Å²) in [5, 5.41) is 11.0. The molecule has 0 saturated carbocycles. The van der Waals surface area contributed by atoms with Crippen LogP contribution in [0.25, 0.3) is 0 Å². The molecule has 0 bridgehead atoms. The molecule has 0 aliphatic carbocycles. The van der Waals surface area contributed by atoms with Crippen LogP contribution in [-0.2, 0) is 0 Å². The number of nitrogens with zero attached hydrogens (tertiary/aromatic N) is 1. The Labute approximate surface area is 68.9 Å². The molecule has 0 aromatic heterocycles. The number of rotatable bonds is 3. The summed E-state index contributed by atoms with van der Waals surface area (Å²) < 4.78 is 0. The lowest BCUT2D eigenvalue weighted by Gasteiger charge is -2.12. The van der Waals surface area contributed by atoms with Gasteiger partial charge in [0.05, 0.1) is 0 Å². The summed E-state index contributed by atoms with van der Waals surface area (Å²) in [5.74, 6) is 0.755. The van der Waals surface area contributed by atoms with Crippen molar-refractivity contribution in [3.8, 4) is 0 Å². The molecule has 1 rings (SSSR count). The van der Waals surface area contributed by atoms with E-state index in [0.717, 1.165) is 38.6 Å². The fraction of sp³-hybridized carbons (Fsp3) is 1.00. The first-order valence-electron chi connectivity index (χ1n) is 4.42. The summed E-state index contributed by atoms with van der Waals surface area (Å²) in [7, 11) is 2.00. The molecular weight excluding hydrogens is 138 g/mol. The molecule has 0 aromatic rings. The monoisotopic (exact) mass is 156 g/mol. The first-order chi connectivity index (χ1) is 5.43. The normalized spacial score (nSPS) is 21.5. The number of hydrogen-bond acceptors (Lipinski definition) is 2. The van der Waals surface area contributed by atoms with E-state index in [2.05, 4.69) is 16.0 Å². The first-order valence-corrected chi connectivity index (χ1v) is 4.42. The highest BCUT2D eigenvalue weighted by Gasteiger charge is 2.10. The molecule has 2 N–H and O–H groups in total. The van der Waals surface area contributed by atoms with Gasteiger partial charge in [0.1, 0.15) is 0 Å². The van der Waals surface area contributed by atoms with E-state index < -0.39 is 0 Å². The highest BCUT2D eigenvalue weighted by atomic mass is 15.0. The summed E-state index contributed by atoms with van der Waals surface area (Å²) in [6.07, 6.45) is 1.24. The molecule has 1 atom stereocenters. The van der Waals surface area contributed by atoms with Gasteiger partial charge < -0.3 is 10.6 Å². The highest BCUT2D eigenvalue weighted by Crippen LogP contribution is 2.01. The van der Waals surface area contributed by atoms with Gasteiger partial charge in [-0.15, -0.1) is 0 Å². The van der Waals surface area contributed by atoms with Crippen LogP contribution in [0.5, 0.6) is 0 Å².